The van der Waals surface area contributed by atoms with Gasteiger partial charge in [-0.05, 0) is 57.7 Å². The van der Waals surface area contributed by atoms with E-state index in [9.17, 15) is 0 Å². The first kappa shape index (κ1) is 14.1. The molecule has 0 saturated carbocycles. The van der Waals surface area contributed by atoms with E-state index in [0.29, 0.717) is 11.0 Å². The second kappa shape index (κ2) is 5.16. The second-order valence-corrected chi connectivity index (χ2v) is 7.79. The molecule has 0 unspecified atom stereocenters. The quantitative estimate of drug-likeness (QED) is 0.814. The number of likely N-dealkylation sites (tertiary alicyclic amines) is 2. The van der Waals surface area contributed by atoms with Crippen LogP contribution in [0.2, 0.25) is 0 Å². The summed E-state index contributed by atoms with van der Waals surface area (Å²) < 4.78 is 0. The molecular weight excluding hydrogens is 244 g/mol. The second-order valence-electron chi connectivity index (χ2n) is 7.79. The van der Waals surface area contributed by atoms with Crippen LogP contribution in [0, 0.1) is 5.41 Å². The normalized spacial score (nSPS) is 23.8. The average Bonchev–Trinajstić information content (AvgIpc) is 2.38. The molecule has 0 amide bonds. The predicted molar refractivity (Wildman–Crippen MR) is 84.7 cm³/mol. The van der Waals surface area contributed by atoms with Crippen molar-refractivity contribution < 1.29 is 0 Å². The van der Waals surface area contributed by atoms with Crippen molar-refractivity contribution in [3.8, 4) is 0 Å². The molecule has 0 radical (unpaired) electrons. The molecule has 1 aromatic rings. The Hall–Kier alpha value is -0.860. The maximum Gasteiger partial charge on any atom is 0.0234 e. The third kappa shape index (κ3) is 2.91. The first-order valence-electron chi connectivity index (χ1n) is 7.98. The zero-order chi connectivity index (χ0) is 14.2. The fourth-order valence-electron chi connectivity index (χ4n) is 3.82. The summed E-state index contributed by atoms with van der Waals surface area (Å²) in [5, 5.41) is 0. The highest BCUT2D eigenvalue weighted by Gasteiger charge is 2.45. The molecular formula is C18H28N2. The molecule has 2 fully saturated rings. The van der Waals surface area contributed by atoms with Crippen molar-refractivity contribution in [2.24, 2.45) is 5.41 Å². The zero-order valence-electron chi connectivity index (χ0n) is 13.2. The molecule has 0 atom stereocenters. The monoisotopic (exact) mass is 272 g/mol. The summed E-state index contributed by atoms with van der Waals surface area (Å²) in [5.74, 6) is 0. The minimum absolute atomic E-state index is 0.342. The maximum atomic E-state index is 2.65. The molecule has 3 rings (SSSR count). The average molecular weight is 272 g/mol. The van der Waals surface area contributed by atoms with Crippen molar-refractivity contribution in [2.45, 2.75) is 45.7 Å². The van der Waals surface area contributed by atoms with Crippen LogP contribution in [0.5, 0.6) is 0 Å². The Balaban J connectivity index is 1.49. The van der Waals surface area contributed by atoms with E-state index in [1.165, 1.54) is 44.6 Å². The third-order valence-electron chi connectivity index (χ3n) is 5.14. The van der Waals surface area contributed by atoms with Crippen LogP contribution < -0.4 is 0 Å². The first-order valence-corrected chi connectivity index (χ1v) is 7.98. The van der Waals surface area contributed by atoms with Gasteiger partial charge >= 0.3 is 0 Å². The van der Waals surface area contributed by atoms with Crippen LogP contribution in [0.15, 0.2) is 30.3 Å². The summed E-state index contributed by atoms with van der Waals surface area (Å²) >= 11 is 0. The third-order valence-corrected chi connectivity index (χ3v) is 5.14. The molecule has 2 saturated heterocycles. The minimum atomic E-state index is 0.342. The lowest BCUT2D eigenvalue weighted by Crippen LogP contribution is -2.61. The number of hydrogen-bond donors (Lipinski definition) is 0. The molecule has 2 heterocycles. The van der Waals surface area contributed by atoms with Crippen LogP contribution in [-0.2, 0) is 6.54 Å². The molecule has 0 aliphatic carbocycles. The highest BCUT2D eigenvalue weighted by Crippen LogP contribution is 2.42. The fourth-order valence-corrected chi connectivity index (χ4v) is 3.82. The molecule has 2 nitrogen and oxygen atoms in total. The van der Waals surface area contributed by atoms with Gasteiger partial charge < -0.3 is 0 Å². The molecule has 20 heavy (non-hydrogen) atoms. The lowest BCUT2D eigenvalue weighted by atomic mass is 9.71. The van der Waals surface area contributed by atoms with E-state index >= 15 is 0 Å². The molecule has 1 aromatic carbocycles. The van der Waals surface area contributed by atoms with E-state index in [2.05, 4.69) is 60.9 Å². The zero-order valence-corrected chi connectivity index (χ0v) is 13.2. The largest absolute Gasteiger partial charge is 0.298 e. The Morgan fingerprint density at radius 3 is 2.15 bits per heavy atom. The number of nitrogens with zero attached hydrogens (tertiary/aromatic N) is 2. The van der Waals surface area contributed by atoms with Crippen molar-refractivity contribution in [3.63, 3.8) is 0 Å². The molecule has 110 valence electrons. The molecule has 0 bridgehead atoms. The molecule has 2 heteroatoms. The molecule has 0 aromatic heterocycles. The van der Waals surface area contributed by atoms with Crippen molar-refractivity contribution in [2.75, 3.05) is 26.2 Å². The summed E-state index contributed by atoms with van der Waals surface area (Å²) in [6.45, 7) is 13.3. The molecule has 0 N–H and O–H groups in total. The SMILES string of the molecule is CC(C)(C)N1CCC2(CC1)CN(Cc1ccccc1)C2. The van der Waals surface area contributed by atoms with Crippen LogP contribution in [0.3, 0.4) is 0 Å². The van der Waals surface area contributed by atoms with Crippen LogP contribution in [0.25, 0.3) is 0 Å². The summed E-state index contributed by atoms with van der Waals surface area (Å²) in [4.78, 5) is 5.26. The van der Waals surface area contributed by atoms with Crippen LogP contribution in [0.4, 0.5) is 0 Å². The standard InChI is InChI=1S/C18H28N2/c1-17(2,3)20-11-9-18(10-12-20)14-19(15-18)13-16-7-5-4-6-8-16/h4-8H,9-15H2,1-3H3. The van der Waals surface area contributed by atoms with Gasteiger partial charge in [0.05, 0.1) is 0 Å². The van der Waals surface area contributed by atoms with Gasteiger partial charge in [0.1, 0.15) is 0 Å². The van der Waals surface area contributed by atoms with Crippen molar-refractivity contribution in [1.29, 1.82) is 0 Å². The number of rotatable bonds is 2. The Labute approximate surface area is 123 Å². The summed E-state index contributed by atoms with van der Waals surface area (Å²) in [6.07, 6.45) is 2.77. The Bertz CT molecular complexity index is 430. The number of benzene rings is 1. The lowest BCUT2D eigenvalue weighted by Gasteiger charge is -2.56. The van der Waals surface area contributed by atoms with Gasteiger partial charge in [-0.25, -0.2) is 0 Å². The van der Waals surface area contributed by atoms with Crippen LogP contribution >= 0.6 is 0 Å². The summed E-state index contributed by atoms with van der Waals surface area (Å²) in [6, 6.07) is 10.9. The fraction of sp³-hybridized carbons (Fsp3) is 0.667. The van der Waals surface area contributed by atoms with E-state index in [1.807, 2.05) is 0 Å². The van der Waals surface area contributed by atoms with Crippen LogP contribution in [0.1, 0.15) is 39.2 Å². The molecule has 1 spiro atoms. The smallest absolute Gasteiger partial charge is 0.0234 e. The highest BCUT2D eigenvalue weighted by atomic mass is 15.2. The van der Waals surface area contributed by atoms with E-state index < -0.39 is 0 Å². The van der Waals surface area contributed by atoms with Crippen molar-refractivity contribution in [3.05, 3.63) is 35.9 Å². The Morgan fingerprint density at radius 2 is 1.60 bits per heavy atom. The minimum Gasteiger partial charge on any atom is -0.298 e. The van der Waals surface area contributed by atoms with Gasteiger partial charge in [-0.15, -0.1) is 0 Å². The van der Waals surface area contributed by atoms with Crippen molar-refractivity contribution in [1.82, 2.24) is 9.80 Å². The van der Waals surface area contributed by atoms with Gasteiger partial charge in [0, 0.05) is 25.2 Å². The number of hydrogen-bond acceptors (Lipinski definition) is 2. The van der Waals surface area contributed by atoms with E-state index in [0.717, 1.165) is 6.54 Å². The highest BCUT2D eigenvalue weighted by molar-refractivity contribution is 5.15. The Morgan fingerprint density at radius 1 is 1.00 bits per heavy atom. The number of piperidine rings is 1. The summed E-state index contributed by atoms with van der Waals surface area (Å²) in [7, 11) is 0. The van der Waals surface area contributed by atoms with Gasteiger partial charge in [-0.2, -0.15) is 0 Å². The van der Waals surface area contributed by atoms with E-state index in [1.54, 1.807) is 0 Å². The Kier molecular flexibility index (Phi) is 3.64. The molecule has 2 aliphatic rings. The van der Waals surface area contributed by atoms with Gasteiger partial charge in [0.2, 0.25) is 0 Å². The first-order chi connectivity index (χ1) is 9.47. The van der Waals surface area contributed by atoms with E-state index in [-0.39, 0.29) is 0 Å². The lowest BCUT2D eigenvalue weighted by molar-refractivity contribution is -0.0656. The predicted octanol–water partition coefficient (Wildman–Crippen LogP) is 3.38. The van der Waals surface area contributed by atoms with Gasteiger partial charge in [-0.3, -0.25) is 9.80 Å². The molecule has 2 aliphatic heterocycles. The van der Waals surface area contributed by atoms with Crippen molar-refractivity contribution >= 4 is 0 Å². The summed E-state index contributed by atoms with van der Waals surface area (Å²) in [5.41, 5.74) is 2.43. The topological polar surface area (TPSA) is 6.48 Å². The van der Waals surface area contributed by atoms with Crippen LogP contribution in [-0.4, -0.2) is 41.5 Å². The van der Waals surface area contributed by atoms with E-state index in [4.69, 9.17) is 0 Å². The van der Waals surface area contributed by atoms with Gasteiger partial charge in [0.25, 0.3) is 0 Å². The maximum absolute atomic E-state index is 2.65. The van der Waals surface area contributed by atoms with Gasteiger partial charge in [0.15, 0.2) is 0 Å². The van der Waals surface area contributed by atoms with Gasteiger partial charge in [-0.1, -0.05) is 30.3 Å².